The van der Waals surface area contributed by atoms with Gasteiger partial charge >= 0.3 is 240 Å². The van der Waals surface area contributed by atoms with Gasteiger partial charge in [0.15, 0.2) is 0 Å². The molecule has 38 heavy (non-hydrogen) atoms. The minimum atomic E-state index is -2.35. The van der Waals surface area contributed by atoms with Crippen LogP contribution >= 0.6 is 0 Å². The molecule has 0 aromatic heterocycles. The Bertz CT molecular complexity index is 1200. The summed E-state index contributed by atoms with van der Waals surface area (Å²) < 4.78 is 5.86. The monoisotopic (exact) mass is 676 g/mol. The molecule has 0 saturated carbocycles. The molecule has 0 N–H and O–H groups in total. The maximum atomic E-state index is 2.63. The van der Waals surface area contributed by atoms with E-state index in [1.54, 1.807) is 29.2 Å². The zero-order valence-corrected chi connectivity index (χ0v) is 29.4. The standard InChI is InChI=1S/C30H37.C4H9.C3H6.Hf/c1-9-30(8,20-12-10-11-13-20)27-25-18-21(28(2,3)4)14-16-23(25)24-17-15-22(19-26(24)27)29(5,6)7;1-3-4-2;1-3-2;/h10-12,14-19,27H,8-9,13H2,1-7H3;1,3-4H2,2H3;3H,1H2,2H3;. The summed E-state index contributed by atoms with van der Waals surface area (Å²) in [5.74, 6) is 0.472. The Kier molecular flexibility index (Phi) is 7.46. The van der Waals surface area contributed by atoms with Gasteiger partial charge < -0.3 is 0 Å². The molecule has 3 aliphatic rings. The molecule has 0 bridgehead atoms. The quantitative estimate of drug-likeness (QED) is 0.244. The molecule has 0 radical (unpaired) electrons. The van der Waals surface area contributed by atoms with Gasteiger partial charge in [0.05, 0.1) is 0 Å². The van der Waals surface area contributed by atoms with Gasteiger partial charge in [-0.1, -0.05) is 0 Å². The van der Waals surface area contributed by atoms with Crippen LogP contribution in [0, 0.1) is 5.41 Å². The number of hydrogen-bond acceptors (Lipinski definition) is 0. The van der Waals surface area contributed by atoms with Crippen molar-refractivity contribution in [3.63, 3.8) is 0 Å². The fourth-order valence-corrected chi connectivity index (χ4v) is 36.1. The van der Waals surface area contributed by atoms with Gasteiger partial charge in [0.2, 0.25) is 0 Å². The average Bonchev–Trinajstić information content (AvgIpc) is 3.23. The third kappa shape index (κ3) is 4.82. The first kappa shape index (κ1) is 28.3. The third-order valence-electron chi connectivity index (χ3n) is 10.6. The molecule has 0 nitrogen and oxygen atoms in total. The summed E-state index contributed by atoms with van der Waals surface area (Å²) in [5.41, 5.74) is 11.5. The van der Waals surface area contributed by atoms with Crippen LogP contribution in [0.2, 0.25) is 16.2 Å². The summed E-state index contributed by atoms with van der Waals surface area (Å²) in [6, 6.07) is 15.1. The number of hydrogen-bond donors (Lipinski definition) is 0. The van der Waals surface area contributed by atoms with E-state index in [9.17, 15) is 0 Å². The minimum absolute atomic E-state index is 0.154. The van der Waals surface area contributed by atoms with Gasteiger partial charge in [0.1, 0.15) is 0 Å². The normalized spacial score (nSPS) is 24.2. The number of allylic oxidation sites excluding steroid dienone is 4. The van der Waals surface area contributed by atoms with Gasteiger partial charge in [-0.05, 0) is 0 Å². The molecule has 1 heteroatoms. The van der Waals surface area contributed by atoms with Crippen LogP contribution in [0.3, 0.4) is 0 Å². The van der Waals surface area contributed by atoms with Crippen LogP contribution in [0.15, 0.2) is 60.2 Å². The molecule has 1 heterocycles. The van der Waals surface area contributed by atoms with E-state index in [1.807, 2.05) is 0 Å². The van der Waals surface area contributed by atoms with Crippen LogP contribution in [0.1, 0.15) is 116 Å². The van der Waals surface area contributed by atoms with Crippen LogP contribution in [0.25, 0.3) is 11.1 Å². The molecule has 2 aliphatic carbocycles. The maximum absolute atomic E-state index is 2.63. The number of benzene rings is 2. The van der Waals surface area contributed by atoms with Crippen LogP contribution in [-0.4, -0.2) is 0 Å². The van der Waals surface area contributed by atoms with Crippen LogP contribution in [0.5, 0.6) is 0 Å². The summed E-state index contributed by atoms with van der Waals surface area (Å²) >= 11 is -2.35. The van der Waals surface area contributed by atoms with Crippen molar-refractivity contribution in [2.75, 3.05) is 0 Å². The Morgan fingerprint density at radius 1 is 0.842 bits per heavy atom. The summed E-state index contributed by atoms with van der Waals surface area (Å²) in [5, 5.41) is 0. The van der Waals surface area contributed by atoms with E-state index in [2.05, 4.69) is 117 Å². The molecule has 5 rings (SSSR count). The topological polar surface area (TPSA) is 0 Å². The van der Waals surface area contributed by atoms with Crippen molar-refractivity contribution in [2.45, 2.75) is 121 Å². The zero-order valence-electron chi connectivity index (χ0n) is 25.8. The van der Waals surface area contributed by atoms with Crippen molar-refractivity contribution in [1.29, 1.82) is 0 Å². The van der Waals surface area contributed by atoms with Gasteiger partial charge in [-0.25, -0.2) is 0 Å². The number of fused-ring (bicyclic) bond motifs is 3. The van der Waals surface area contributed by atoms with Gasteiger partial charge in [0, 0.05) is 0 Å². The van der Waals surface area contributed by atoms with E-state index in [0.717, 1.165) is 10.1 Å². The predicted octanol–water partition coefficient (Wildman–Crippen LogP) is 11.7. The second kappa shape index (κ2) is 10.0. The van der Waals surface area contributed by atoms with Crippen molar-refractivity contribution in [3.8, 4) is 11.1 Å². The van der Waals surface area contributed by atoms with E-state index in [1.165, 1.54) is 41.5 Å². The van der Waals surface area contributed by atoms with Crippen LogP contribution < -0.4 is 0 Å². The molecule has 1 saturated heterocycles. The van der Waals surface area contributed by atoms with E-state index in [-0.39, 0.29) is 16.2 Å². The van der Waals surface area contributed by atoms with E-state index < -0.39 is 20.0 Å². The van der Waals surface area contributed by atoms with E-state index >= 15 is 0 Å². The summed E-state index contributed by atoms with van der Waals surface area (Å²) in [6.07, 6.45) is 12.6. The Hall–Kier alpha value is -1.21. The average molecular weight is 675 g/mol. The van der Waals surface area contributed by atoms with E-state index in [4.69, 9.17) is 0 Å². The molecule has 204 valence electrons. The fourth-order valence-electron chi connectivity index (χ4n) is 7.95. The van der Waals surface area contributed by atoms with Gasteiger partial charge in [-0.15, -0.1) is 0 Å². The SMILES string of the molecule is CCC[CH2][Hf]1([CH2]C(CC)(C2=CC=CC2)C2c3cc(C(C)(C)C)ccc3-c3ccc(C(C)(C)C)cc32)[CH2][CH]1C. The van der Waals surface area contributed by atoms with Crippen molar-refractivity contribution < 1.29 is 20.0 Å². The van der Waals surface area contributed by atoms with Crippen LogP contribution in [0.4, 0.5) is 0 Å². The molecule has 0 amide bonds. The molecule has 2 aromatic carbocycles. The molecular weight excluding hydrogens is 623 g/mol. The summed E-state index contributed by atoms with van der Waals surface area (Å²) in [7, 11) is 0. The van der Waals surface area contributed by atoms with Gasteiger partial charge in [-0.3, -0.25) is 0 Å². The number of unbranched alkanes of at least 4 members (excludes halogenated alkanes) is 1. The fraction of sp³-hybridized carbons (Fsp3) is 0.568. The molecule has 3 unspecified atom stereocenters. The first-order valence-corrected chi connectivity index (χ1v) is 25.2. The molecule has 1 fully saturated rings. The molecule has 3 atom stereocenters. The number of rotatable bonds is 8. The second-order valence-corrected chi connectivity index (χ2v) is 33.0. The Morgan fingerprint density at radius 3 is 1.79 bits per heavy atom. The first-order valence-electron chi connectivity index (χ1n) is 15.5. The molecule has 1 aliphatic heterocycles. The van der Waals surface area contributed by atoms with Gasteiger partial charge in [0.25, 0.3) is 0 Å². The third-order valence-corrected chi connectivity index (χ3v) is 31.8. The summed E-state index contributed by atoms with van der Waals surface area (Å²) in [6.45, 7) is 21.8. The Morgan fingerprint density at radius 2 is 1.39 bits per heavy atom. The molecule has 0 spiro atoms. The molecular formula is C37H52Hf. The van der Waals surface area contributed by atoms with Gasteiger partial charge in [-0.2, -0.15) is 0 Å². The van der Waals surface area contributed by atoms with Crippen molar-refractivity contribution in [2.24, 2.45) is 5.41 Å². The first-order chi connectivity index (χ1) is 17.9. The van der Waals surface area contributed by atoms with E-state index in [0.29, 0.717) is 5.92 Å². The Balaban J connectivity index is 1.76. The zero-order chi connectivity index (χ0) is 27.5. The van der Waals surface area contributed by atoms with Crippen LogP contribution in [-0.2, 0) is 30.8 Å². The summed E-state index contributed by atoms with van der Waals surface area (Å²) in [4.78, 5) is 0. The molecule has 2 aromatic rings. The van der Waals surface area contributed by atoms with Crippen molar-refractivity contribution in [1.82, 2.24) is 0 Å². The van der Waals surface area contributed by atoms with Crippen molar-refractivity contribution >= 4 is 0 Å². The second-order valence-electron chi connectivity index (χ2n) is 15.1. The van der Waals surface area contributed by atoms with Crippen molar-refractivity contribution in [3.05, 3.63) is 82.5 Å². The predicted molar refractivity (Wildman–Crippen MR) is 164 cm³/mol. The Labute approximate surface area is 238 Å².